The number of nitrogens with zero attached hydrogens (tertiary/aromatic N) is 6. The number of ether oxygens (including phenoxy) is 1. The van der Waals surface area contributed by atoms with E-state index < -0.39 is 0 Å². The predicted octanol–water partition coefficient (Wildman–Crippen LogP) is 1.42. The predicted molar refractivity (Wildman–Crippen MR) is 106 cm³/mol. The molecule has 10 heteroatoms. The number of carbonyl (C=O) groups is 2. The summed E-state index contributed by atoms with van der Waals surface area (Å²) in [5.41, 5.74) is 3.87. The number of fused-ring (bicyclic) bond motifs is 3. The van der Waals surface area contributed by atoms with E-state index in [1.165, 1.54) is 11.7 Å². The smallest absolute Gasteiger partial charge is 0.415 e. The molecule has 4 heterocycles. The van der Waals surface area contributed by atoms with E-state index in [2.05, 4.69) is 31.8 Å². The number of cyclic esters (lactones) is 1. The maximum absolute atomic E-state index is 12.4. The van der Waals surface area contributed by atoms with Crippen molar-refractivity contribution in [2.24, 2.45) is 0 Å². The Morgan fingerprint density at radius 1 is 1.27 bits per heavy atom. The highest BCUT2D eigenvalue weighted by Gasteiger charge is 2.47. The van der Waals surface area contributed by atoms with Gasteiger partial charge in [-0.2, -0.15) is 0 Å². The molecule has 0 spiro atoms. The van der Waals surface area contributed by atoms with Crippen LogP contribution in [0, 0.1) is 6.92 Å². The average molecular weight is 405 g/mol. The summed E-state index contributed by atoms with van der Waals surface area (Å²) in [5.74, 6) is 1.02. The van der Waals surface area contributed by atoms with Gasteiger partial charge in [-0.25, -0.2) is 9.78 Å². The lowest BCUT2D eigenvalue weighted by Gasteiger charge is -2.16. The molecule has 0 aliphatic carbocycles. The van der Waals surface area contributed by atoms with E-state index in [0.717, 1.165) is 22.4 Å². The molecule has 5 rings (SSSR count). The van der Waals surface area contributed by atoms with E-state index in [1.807, 2.05) is 24.3 Å². The van der Waals surface area contributed by atoms with Gasteiger partial charge in [0, 0.05) is 18.7 Å². The lowest BCUT2D eigenvalue weighted by atomic mass is 10.0. The first-order valence-electron chi connectivity index (χ1n) is 9.60. The van der Waals surface area contributed by atoms with Gasteiger partial charge >= 0.3 is 6.09 Å². The Kier molecular flexibility index (Phi) is 4.19. The Bertz CT molecular complexity index is 1140. The van der Waals surface area contributed by atoms with Crippen LogP contribution in [0.15, 0.2) is 36.5 Å². The quantitative estimate of drug-likeness (QED) is 0.698. The van der Waals surface area contributed by atoms with Gasteiger partial charge in [-0.1, -0.05) is 6.07 Å². The summed E-state index contributed by atoms with van der Waals surface area (Å²) in [6, 6.07) is 9.64. The zero-order chi connectivity index (χ0) is 20.8. The average Bonchev–Trinajstić information content (AvgIpc) is 3.41. The number of nitrogens with one attached hydrogen (secondary N) is 1. The summed E-state index contributed by atoms with van der Waals surface area (Å²) in [7, 11) is 0. The molecule has 0 saturated carbocycles. The number of benzene rings is 1. The number of hydrogen-bond acceptors (Lipinski definition) is 7. The largest absolute Gasteiger partial charge is 0.442 e. The summed E-state index contributed by atoms with van der Waals surface area (Å²) in [4.78, 5) is 31.1. The molecule has 2 amide bonds. The molecular weight excluding hydrogens is 386 g/mol. The highest BCUT2D eigenvalue weighted by Crippen LogP contribution is 2.40. The van der Waals surface area contributed by atoms with Crippen molar-refractivity contribution >= 4 is 17.7 Å². The number of carbonyl (C=O) groups excluding carboxylic acids is 2. The Balaban J connectivity index is 1.39. The normalized spacial score (nSPS) is 19.4. The van der Waals surface area contributed by atoms with Gasteiger partial charge in [0.15, 0.2) is 11.6 Å². The van der Waals surface area contributed by atoms with Gasteiger partial charge in [0.25, 0.3) is 0 Å². The van der Waals surface area contributed by atoms with Gasteiger partial charge in [-0.15, -0.1) is 15.0 Å². The number of tetrazole rings is 1. The van der Waals surface area contributed by atoms with Crippen molar-refractivity contribution in [1.82, 2.24) is 30.5 Å². The van der Waals surface area contributed by atoms with E-state index in [-0.39, 0.29) is 24.1 Å². The first-order chi connectivity index (χ1) is 14.5. The van der Waals surface area contributed by atoms with E-state index >= 15 is 0 Å². The second-order valence-corrected chi connectivity index (χ2v) is 7.38. The van der Waals surface area contributed by atoms with Crippen molar-refractivity contribution in [3.05, 3.63) is 47.9 Å². The van der Waals surface area contributed by atoms with Crippen LogP contribution in [0.2, 0.25) is 0 Å². The molecule has 2 atom stereocenters. The molecule has 10 nitrogen and oxygen atoms in total. The van der Waals surface area contributed by atoms with E-state index in [1.54, 1.807) is 18.0 Å². The minimum atomic E-state index is -0.372. The van der Waals surface area contributed by atoms with Gasteiger partial charge in [0.05, 0.1) is 18.3 Å². The number of amides is 2. The van der Waals surface area contributed by atoms with Crippen LogP contribution < -0.4 is 10.2 Å². The van der Waals surface area contributed by atoms with Crippen LogP contribution in [0.3, 0.4) is 0 Å². The van der Waals surface area contributed by atoms with E-state index in [0.29, 0.717) is 24.6 Å². The van der Waals surface area contributed by atoms with Gasteiger partial charge in [-0.05, 0) is 54.0 Å². The first kappa shape index (κ1) is 18.2. The Morgan fingerprint density at radius 3 is 2.80 bits per heavy atom. The Hall–Kier alpha value is -3.82. The minimum Gasteiger partial charge on any atom is -0.442 e. The molecule has 0 unspecified atom stereocenters. The van der Waals surface area contributed by atoms with Crippen molar-refractivity contribution in [2.75, 3.05) is 11.4 Å². The Labute approximate surface area is 171 Å². The van der Waals surface area contributed by atoms with Gasteiger partial charge in [0.2, 0.25) is 5.91 Å². The summed E-state index contributed by atoms with van der Waals surface area (Å²) >= 11 is 0. The van der Waals surface area contributed by atoms with Crippen LogP contribution in [0.4, 0.5) is 10.5 Å². The lowest BCUT2D eigenvalue weighted by molar-refractivity contribution is -0.119. The van der Waals surface area contributed by atoms with Crippen LogP contribution in [0.25, 0.3) is 16.9 Å². The lowest BCUT2D eigenvalue weighted by Crippen LogP contribution is -2.40. The number of pyridine rings is 1. The minimum absolute atomic E-state index is 0.114. The number of anilines is 1. The van der Waals surface area contributed by atoms with Crippen LogP contribution >= 0.6 is 0 Å². The van der Waals surface area contributed by atoms with Gasteiger partial charge < -0.3 is 10.1 Å². The van der Waals surface area contributed by atoms with Crippen molar-refractivity contribution in [3.8, 4) is 16.9 Å². The molecule has 3 aromatic rings. The molecule has 2 aromatic heterocycles. The molecule has 1 N–H and O–H groups in total. The van der Waals surface area contributed by atoms with E-state index in [4.69, 9.17) is 4.74 Å². The maximum atomic E-state index is 12.4. The number of aromatic nitrogens is 5. The third kappa shape index (κ3) is 3.06. The molecule has 1 aromatic carbocycles. The van der Waals surface area contributed by atoms with Crippen LogP contribution in [0.1, 0.15) is 18.3 Å². The third-order valence-electron chi connectivity index (χ3n) is 5.33. The van der Waals surface area contributed by atoms with Crippen molar-refractivity contribution in [3.63, 3.8) is 0 Å². The van der Waals surface area contributed by atoms with Crippen molar-refractivity contribution in [2.45, 2.75) is 32.4 Å². The zero-order valence-corrected chi connectivity index (χ0v) is 16.4. The molecule has 0 bridgehead atoms. The summed E-state index contributed by atoms with van der Waals surface area (Å²) in [6.07, 6.45) is 1.70. The number of aryl methyl sites for hydroxylation is 1. The fourth-order valence-electron chi connectivity index (χ4n) is 3.93. The zero-order valence-electron chi connectivity index (χ0n) is 16.4. The van der Waals surface area contributed by atoms with E-state index in [9.17, 15) is 9.59 Å². The molecule has 0 radical (unpaired) electrons. The second-order valence-electron chi connectivity index (χ2n) is 7.38. The summed E-state index contributed by atoms with van der Waals surface area (Å²) < 4.78 is 5.45. The summed E-state index contributed by atoms with van der Waals surface area (Å²) in [6.45, 7) is 3.53. The van der Waals surface area contributed by atoms with Crippen LogP contribution in [-0.2, 0) is 16.0 Å². The first-order valence-corrected chi connectivity index (χ1v) is 9.60. The van der Waals surface area contributed by atoms with Crippen molar-refractivity contribution < 1.29 is 14.3 Å². The third-order valence-corrected chi connectivity index (χ3v) is 5.33. The fraction of sp³-hybridized carbons (Fsp3) is 0.300. The molecule has 152 valence electrons. The molecule has 1 saturated heterocycles. The fourth-order valence-corrected chi connectivity index (χ4v) is 3.93. The highest BCUT2D eigenvalue weighted by atomic mass is 16.6. The highest BCUT2D eigenvalue weighted by molar-refractivity contribution is 5.94. The molecule has 2 aliphatic heterocycles. The standard InChI is InChI=1S/C20H19N7O3/c1-11-23-25-27(24-11)19-6-4-14(9-22-19)13-3-5-16-15(7-13)8-17-18(10-21-12(2)28)30-20(29)26(16)17/h3-7,9,17-18H,8,10H2,1-2H3,(H,21,28)/t17-,18-/m0/s1. The number of hydrogen-bond donors (Lipinski definition) is 1. The van der Waals surface area contributed by atoms with Crippen LogP contribution in [-0.4, -0.2) is 55.9 Å². The van der Waals surface area contributed by atoms with Crippen molar-refractivity contribution in [1.29, 1.82) is 0 Å². The molecule has 30 heavy (non-hydrogen) atoms. The molecule has 1 fully saturated rings. The Morgan fingerprint density at radius 2 is 2.10 bits per heavy atom. The maximum Gasteiger partial charge on any atom is 0.415 e. The van der Waals surface area contributed by atoms with Gasteiger partial charge in [0.1, 0.15) is 6.10 Å². The SMILES string of the molecule is CC(=O)NC[C@@H]1OC(=O)N2c3ccc(-c4ccc(-n5nnc(C)n5)nc4)cc3C[C@@H]12. The van der Waals surface area contributed by atoms with Crippen LogP contribution in [0.5, 0.6) is 0 Å². The number of rotatable bonds is 4. The topological polar surface area (TPSA) is 115 Å². The molecule has 2 aliphatic rings. The second kappa shape index (κ2) is 6.90. The van der Waals surface area contributed by atoms with Gasteiger partial charge in [-0.3, -0.25) is 9.69 Å². The monoisotopic (exact) mass is 405 g/mol. The summed E-state index contributed by atoms with van der Waals surface area (Å²) in [5, 5.41) is 14.7. The molecular formula is C20H19N7O3.